The Balaban J connectivity index is 1.85. The van der Waals surface area contributed by atoms with Crippen molar-refractivity contribution in [1.29, 1.82) is 0 Å². The third-order valence-electron chi connectivity index (χ3n) is 5.03. The van der Waals surface area contributed by atoms with Crippen LogP contribution < -0.4 is 10.6 Å². The summed E-state index contributed by atoms with van der Waals surface area (Å²) >= 11 is 12.1. The van der Waals surface area contributed by atoms with E-state index in [0.29, 0.717) is 41.5 Å². The van der Waals surface area contributed by atoms with Gasteiger partial charge in [-0.05, 0) is 51.3 Å². The van der Waals surface area contributed by atoms with E-state index in [1.807, 2.05) is 0 Å². The molecule has 0 radical (unpaired) electrons. The van der Waals surface area contributed by atoms with Gasteiger partial charge in [0.1, 0.15) is 11.6 Å². The first-order valence-corrected chi connectivity index (χ1v) is 11.5. The van der Waals surface area contributed by atoms with E-state index in [9.17, 15) is 24.3 Å². The summed E-state index contributed by atoms with van der Waals surface area (Å²) in [5.74, 6) is -2.38. The number of carbonyl (C=O) groups is 4. The molecule has 3 N–H and O–H groups in total. The molecule has 186 valence electrons. The largest absolute Gasteiger partial charge is 0.480 e. The predicted octanol–water partition coefficient (Wildman–Crippen LogP) is 3.34. The van der Waals surface area contributed by atoms with E-state index in [2.05, 4.69) is 10.6 Å². The number of piperidine rings is 1. The topological polar surface area (TPSA) is 125 Å². The number of aliphatic carboxylic acids is 1. The van der Waals surface area contributed by atoms with Gasteiger partial charge in [0.2, 0.25) is 11.8 Å². The number of nitrogens with one attached hydrogen (secondary N) is 2. The van der Waals surface area contributed by atoms with Crippen LogP contribution in [0.2, 0.25) is 10.0 Å². The smallest absolute Gasteiger partial charge is 0.407 e. The van der Waals surface area contributed by atoms with Crippen molar-refractivity contribution in [2.75, 3.05) is 19.6 Å². The van der Waals surface area contributed by atoms with Crippen molar-refractivity contribution >= 4 is 53.2 Å². The summed E-state index contributed by atoms with van der Waals surface area (Å²) in [6.07, 6.45) is 2.99. The zero-order valence-corrected chi connectivity index (χ0v) is 20.8. The van der Waals surface area contributed by atoms with Gasteiger partial charge in [-0.3, -0.25) is 9.59 Å². The Bertz CT molecular complexity index is 953. The van der Waals surface area contributed by atoms with E-state index in [1.54, 1.807) is 49.9 Å². The summed E-state index contributed by atoms with van der Waals surface area (Å²) in [6, 6.07) is 3.83. The van der Waals surface area contributed by atoms with Crippen LogP contribution in [0.25, 0.3) is 6.08 Å². The van der Waals surface area contributed by atoms with Crippen LogP contribution in [0.15, 0.2) is 24.3 Å². The Morgan fingerprint density at radius 2 is 1.85 bits per heavy atom. The zero-order chi connectivity index (χ0) is 25.5. The fraction of sp³-hybridized carbons (Fsp3) is 0.478. The van der Waals surface area contributed by atoms with Crippen LogP contribution in [-0.2, 0) is 19.1 Å². The van der Waals surface area contributed by atoms with Crippen molar-refractivity contribution in [3.05, 3.63) is 39.9 Å². The lowest BCUT2D eigenvalue weighted by Gasteiger charge is -2.31. The molecule has 1 aromatic rings. The van der Waals surface area contributed by atoms with Crippen LogP contribution in [0.3, 0.4) is 0 Å². The number of rotatable bonds is 7. The lowest BCUT2D eigenvalue weighted by molar-refractivity contribution is -0.142. The van der Waals surface area contributed by atoms with Gasteiger partial charge in [0.05, 0.1) is 16.6 Å². The summed E-state index contributed by atoms with van der Waals surface area (Å²) in [4.78, 5) is 49.9. The second-order valence-electron chi connectivity index (χ2n) is 8.86. The molecule has 0 aliphatic carbocycles. The minimum Gasteiger partial charge on any atom is -0.480 e. The van der Waals surface area contributed by atoms with Crippen molar-refractivity contribution in [3.63, 3.8) is 0 Å². The molecule has 1 aromatic carbocycles. The summed E-state index contributed by atoms with van der Waals surface area (Å²) in [7, 11) is 0. The van der Waals surface area contributed by atoms with E-state index < -0.39 is 35.5 Å². The molecule has 0 bridgehead atoms. The maximum atomic E-state index is 12.6. The van der Waals surface area contributed by atoms with Gasteiger partial charge in [0.15, 0.2) is 0 Å². The number of ether oxygens (including phenoxy) is 1. The van der Waals surface area contributed by atoms with Crippen molar-refractivity contribution in [2.45, 2.75) is 45.3 Å². The van der Waals surface area contributed by atoms with Gasteiger partial charge in [-0.2, -0.15) is 0 Å². The fourth-order valence-corrected chi connectivity index (χ4v) is 3.64. The minimum atomic E-state index is -1.30. The van der Waals surface area contributed by atoms with Crippen LogP contribution in [0.4, 0.5) is 4.79 Å². The highest BCUT2D eigenvalue weighted by Crippen LogP contribution is 2.26. The molecule has 1 saturated heterocycles. The Kier molecular flexibility index (Phi) is 9.76. The lowest BCUT2D eigenvalue weighted by Crippen LogP contribution is -2.52. The van der Waals surface area contributed by atoms with Gasteiger partial charge < -0.3 is 25.4 Å². The molecule has 1 aliphatic rings. The third kappa shape index (κ3) is 8.53. The van der Waals surface area contributed by atoms with E-state index in [4.69, 9.17) is 27.9 Å². The Morgan fingerprint density at radius 1 is 1.21 bits per heavy atom. The second kappa shape index (κ2) is 12.1. The molecule has 0 aromatic heterocycles. The highest BCUT2D eigenvalue weighted by molar-refractivity contribution is 6.42. The Labute approximate surface area is 208 Å². The zero-order valence-electron chi connectivity index (χ0n) is 19.3. The molecule has 0 spiro atoms. The molecule has 1 heterocycles. The normalized spacial score (nSPS) is 15.6. The lowest BCUT2D eigenvalue weighted by atomic mass is 9.95. The first-order chi connectivity index (χ1) is 15.9. The van der Waals surface area contributed by atoms with Gasteiger partial charge in [-0.1, -0.05) is 35.3 Å². The van der Waals surface area contributed by atoms with Crippen LogP contribution in [0, 0.1) is 5.92 Å². The molecular formula is C23H29Cl2N3O6. The first kappa shape index (κ1) is 27.5. The number of alkyl carbamates (subject to hydrolysis) is 1. The number of nitrogens with zero attached hydrogens (tertiary/aromatic N) is 1. The number of carboxylic acids is 1. The van der Waals surface area contributed by atoms with E-state index in [0.717, 1.165) is 0 Å². The summed E-state index contributed by atoms with van der Waals surface area (Å²) < 4.78 is 5.07. The number of hydrogen-bond donors (Lipinski definition) is 3. The Hall–Kier alpha value is -2.78. The monoisotopic (exact) mass is 513 g/mol. The van der Waals surface area contributed by atoms with Gasteiger partial charge in [-0.15, -0.1) is 0 Å². The molecule has 34 heavy (non-hydrogen) atoms. The standard InChI is InChI=1S/C23H29Cl2N3O6/c1-23(2,3)34-22(33)26-13-17(21(31)32)27-20(30)15-9-11-28(12-10-15)18(29)8-7-14-5-4-6-16(24)19(14)25/h4-8,15,17H,9-13H2,1-3H3,(H,26,33)(H,27,30)(H,31,32). The molecule has 1 unspecified atom stereocenters. The SMILES string of the molecule is CC(C)(C)OC(=O)NCC(NC(=O)C1CCN(C(=O)C=Cc2cccc(Cl)c2Cl)CC1)C(=O)O. The molecular weight excluding hydrogens is 485 g/mol. The number of carbonyl (C=O) groups excluding carboxylic acids is 3. The number of hydrogen-bond acceptors (Lipinski definition) is 5. The maximum absolute atomic E-state index is 12.6. The van der Waals surface area contributed by atoms with E-state index in [1.165, 1.54) is 6.08 Å². The fourth-order valence-electron chi connectivity index (χ4n) is 3.27. The van der Waals surface area contributed by atoms with Gasteiger partial charge >= 0.3 is 12.1 Å². The molecule has 1 fully saturated rings. The quantitative estimate of drug-likeness (QED) is 0.480. The van der Waals surface area contributed by atoms with Crippen molar-refractivity contribution in [3.8, 4) is 0 Å². The van der Waals surface area contributed by atoms with Gasteiger partial charge in [0.25, 0.3) is 0 Å². The number of halogens is 2. The molecule has 1 aliphatic heterocycles. The summed E-state index contributed by atoms with van der Waals surface area (Å²) in [5, 5.41) is 14.9. The first-order valence-electron chi connectivity index (χ1n) is 10.8. The Morgan fingerprint density at radius 3 is 2.44 bits per heavy atom. The van der Waals surface area contributed by atoms with Crippen molar-refractivity contribution in [1.82, 2.24) is 15.5 Å². The number of likely N-dealkylation sites (tertiary alicyclic amines) is 1. The van der Waals surface area contributed by atoms with Gasteiger partial charge in [0, 0.05) is 25.1 Å². The van der Waals surface area contributed by atoms with E-state index >= 15 is 0 Å². The predicted molar refractivity (Wildman–Crippen MR) is 129 cm³/mol. The van der Waals surface area contributed by atoms with Crippen LogP contribution in [0.5, 0.6) is 0 Å². The molecule has 3 amide bonds. The average Bonchev–Trinajstić information content (AvgIpc) is 2.76. The molecule has 0 saturated carbocycles. The van der Waals surface area contributed by atoms with Crippen molar-refractivity contribution < 1.29 is 29.0 Å². The van der Waals surface area contributed by atoms with Gasteiger partial charge in [-0.25, -0.2) is 9.59 Å². The second-order valence-corrected chi connectivity index (χ2v) is 9.64. The third-order valence-corrected chi connectivity index (χ3v) is 5.86. The molecule has 2 rings (SSSR count). The van der Waals surface area contributed by atoms with Crippen molar-refractivity contribution in [2.24, 2.45) is 5.92 Å². The minimum absolute atomic E-state index is 0.222. The number of carboxylic acid groups (broad SMARTS) is 1. The van der Waals surface area contributed by atoms with E-state index in [-0.39, 0.29) is 12.5 Å². The molecule has 11 heteroatoms. The highest BCUT2D eigenvalue weighted by Gasteiger charge is 2.30. The van der Waals surface area contributed by atoms with Crippen LogP contribution in [0.1, 0.15) is 39.2 Å². The highest BCUT2D eigenvalue weighted by atomic mass is 35.5. The summed E-state index contributed by atoms with van der Waals surface area (Å²) in [6.45, 7) is 5.42. The summed E-state index contributed by atoms with van der Waals surface area (Å²) in [5.41, 5.74) is -0.107. The molecule has 9 nitrogen and oxygen atoms in total. The number of benzene rings is 1. The molecule has 1 atom stereocenters. The van der Waals surface area contributed by atoms with Crippen LogP contribution >= 0.6 is 23.2 Å². The van der Waals surface area contributed by atoms with Crippen LogP contribution in [-0.4, -0.2) is 65.2 Å². The number of amides is 3. The average molecular weight is 514 g/mol. The maximum Gasteiger partial charge on any atom is 0.407 e.